The fourth-order valence-corrected chi connectivity index (χ4v) is 5.48. The van der Waals surface area contributed by atoms with Crippen LogP contribution in [0.3, 0.4) is 0 Å². The number of likely N-dealkylation sites (N-methyl/N-ethyl adjacent to an activating group) is 1. The van der Waals surface area contributed by atoms with Crippen molar-refractivity contribution in [3.8, 4) is 17.2 Å². The van der Waals surface area contributed by atoms with Gasteiger partial charge in [-0.2, -0.15) is 0 Å². The third-order valence-electron chi connectivity index (χ3n) is 6.82. The quantitative estimate of drug-likeness (QED) is 0.872. The number of hydrogen-bond donors (Lipinski definition) is 1. The Morgan fingerprint density at radius 2 is 1.82 bits per heavy atom. The zero-order chi connectivity index (χ0) is 19.4. The van der Waals surface area contributed by atoms with E-state index in [4.69, 9.17) is 14.2 Å². The van der Waals surface area contributed by atoms with Crippen LogP contribution in [0.5, 0.6) is 17.2 Å². The lowest BCUT2D eigenvalue weighted by Gasteiger charge is -2.53. The Morgan fingerprint density at radius 1 is 1.00 bits per heavy atom. The molecule has 1 N–H and O–H groups in total. The molecule has 1 aromatic carbocycles. The number of methoxy groups -OCH3 is 3. The maximum absolute atomic E-state index is 5.80. The number of nitrogens with one attached hydrogen (secondary N) is 1. The van der Waals surface area contributed by atoms with Crippen molar-refractivity contribution < 1.29 is 14.2 Å². The summed E-state index contributed by atoms with van der Waals surface area (Å²) < 4.78 is 17.0. The molecule has 7 heteroatoms. The van der Waals surface area contributed by atoms with Crippen molar-refractivity contribution in [2.45, 2.75) is 25.0 Å². The summed E-state index contributed by atoms with van der Waals surface area (Å²) in [5.74, 6) is 2.15. The maximum atomic E-state index is 5.80. The summed E-state index contributed by atoms with van der Waals surface area (Å²) in [4.78, 5) is 11.6. The van der Waals surface area contributed by atoms with Crippen LogP contribution < -0.4 is 14.2 Å². The number of piperazine rings is 1. The molecule has 1 aromatic heterocycles. The number of fused-ring (bicyclic) bond motifs is 7. The highest BCUT2D eigenvalue weighted by Crippen LogP contribution is 2.49. The number of aromatic nitrogens is 1. The Labute approximate surface area is 166 Å². The minimum Gasteiger partial charge on any atom is -0.493 e. The molecule has 2 aromatic rings. The second kappa shape index (κ2) is 6.83. The van der Waals surface area contributed by atoms with E-state index in [0.29, 0.717) is 23.7 Å². The molecule has 0 saturated carbocycles. The lowest BCUT2D eigenvalue weighted by molar-refractivity contribution is -0.0772. The molecule has 28 heavy (non-hydrogen) atoms. The molecule has 0 spiro atoms. The second-order valence-corrected chi connectivity index (χ2v) is 8.16. The monoisotopic (exact) mass is 386 g/mol. The van der Waals surface area contributed by atoms with Crippen LogP contribution in [0.2, 0.25) is 0 Å². The molecule has 0 unspecified atom stereocenters. The van der Waals surface area contributed by atoms with Gasteiger partial charge in [0.05, 0.1) is 39.1 Å². The third-order valence-corrected chi connectivity index (χ3v) is 6.82. The van der Waals surface area contributed by atoms with Crippen molar-refractivity contribution in [1.82, 2.24) is 19.7 Å². The van der Waals surface area contributed by atoms with Crippen LogP contribution in [0.4, 0.5) is 0 Å². The summed E-state index contributed by atoms with van der Waals surface area (Å²) >= 11 is 0. The Bertz CT molecular complexity index is 896. The van der Waals surface area contributed by atoms with Crippen molar-refractivity contribution in [1.29, 1.82) is 0 Å². The Morgan fingerprint density at radius 3 is 2.57 bits per heavy atom. The number of aromatic amines is 1. The minimum atomic E-state index is 0.436. The second-order valence-electron chi connectivity index (χ2n) is 8.16. The first-order chi connectivity index (χ1) is 13.7. The van der Waals surface area contributed by atoms with Gasteiger partial charge in [0.15, 0.2) is 11.5 Å². The maximum Gasteiger partial charge on any atom is 0.204 e. The van der Waals surface area contributed by atoms with E-state index in [2.05, 4.69) is 26.7 Å². The highest BCUT2D eigenvalue weighted by molar-refractivity contribution is 5.95. The fraction of sp³-hybridized carbons (Fsp3) is 0.619. The van der Waals surface area contributed by atoms with Crippen molar-refractivity contribution >= 4 is 10.9 Å². The largest absolute Gasteiger partial charge is 0.493 e. The van der Waals surface area contributed by atoms with Crippen molar-refractivity contribution in [3.05, 3.63) is 17.3 Å². The van der Waals surface area contributed by atoms with E-state index in [-0.39, 0.29) is 0 Å². The molecule has 4 heterocycles. The van der Waals surface area contributed by atoms with E-state index in [9.17, 15) is 0 Å². The lowest BCUT2D eigenvalue weighted by atomic mass is 9.91. The minimum absolute atomic E-state index is 0.436. The van der Waals surface area contributed by atoms with Gasteiger partial charge in [0.25, 0.3) is 0 Å². The van der Waals surface area contributed by atoms with Gasteiger partial charge in [-0.25, -0.2) is 0 Å². The molecule has 0 radical (unpaired) electrons. The summed E-state index contributed by atoms with van der Waals surface area (Å²) in [6, 6.07) is 2.48. The van der Waals surface area contributed by atoms with Gasteiger partial charge < -0.3 is 24.1 Å². The smallest absolute Gasteiger partial charge is 0.204 e. The molecule has 0 amide bonds. The van der Waals surface area contributed by atoms with E-state index in [1.54, 1.807) is 21.3 Å². The molecule has 3 aliphatic rings. The van der Waals surface area contributed by atoms with Gasteiger partial charge in [0.2, 0.25) is 5.75 Å². The standard InChI is InChI=1S/C21H30N4O3/c1-23-9-10-24-7-6-15-19-13(5-8-25(15)17(24)12-23)18-14(22-19)11-16(26-2)20(27-3)21(18)28-4/h11,15,17,22H,5-10,12H2,1-4H3/t15-,17-/m0/s1. The average molecular weight is 386 g/mol. The molecular formula is C21H30N4O3. The highest BCUT2D eigenvalue weighted by atomic mass is 16.5. The van der Waals surface area contributed by atoms with E-state index in [0.717, 1.165) is 49.1 Å². The number of benzene rings is 1. The number of nitrogens with zero attached hydrogens (tertiary/aromatic N) is 3. The van der Waals surface area contributed by atoms with Gasteiger partial charge in [-0.3, -0.25) is 9.80 Å². The van der Waals surface area contributed by atoms with Crippen LogP contribution in [0.15, 0.2) is 6.07 Å². The van der Waals surface area contributed by atoms with Crippen LogP contribution in [-0.4, -0.2) is 87.0 Å². The Kier molecular flexibility index (Phi) is 4.41. The summed E-state index contributed by atoms with van der Waals surface area (Å²) in [5, 5.41) is 1.15. The van der Waals surface area contributed by atoms with Gasteiger partial charge in [0, 0.05) is 49.9 Å². The van der Waals surface area contributed by atoms with Crippen LogP contribution in [0, 0.1) is 0 Å². The number of hydrogen-bond acceptors (Lipinski definition) is 6. The summed E-state index contributed by atoms with van der Waals surface area (Å²) in [6.45, 7) is 5.71. The van der Waals surface area contributed by atoms with E-state index in [1.807, 2.05) is 6.07 Å². The summed E-state index contributed by atoms with van der Waals surface area (Å²) in [7, 11) is 7.29. The van der Waals surface area contributed by atoms with Crippen LogP contribution in [0.25, 0.3) is 10.9 Å². The van der Waals surface area contributed by atoms with Gasteiger partial charge in [-0.1, -0.05) is 0 Å². The molecule has 2 atom stereocenters. The molecule has 0 aliphatic carbocycles. The Balaban J connectivity index is 1.61. The van der Waals surface area contributed by atoms with Crippen molar-refractivity contribution in [3.63, 3.8) is 0 Å². The first kappa shape index (κ1) is 18.1. The predicted molar refractivity (Wildman–Crippen MR) is 109 cm³/mol. The summed E-state index contributed by atoms with van der Waals surface area (Å²) in [6.07, 6.45) is 2.70. The zero-order valence-corrected chi connectivity index (χ0v) is 17.2. The molecule has 152 valence electrons. The average Bonchev–Trinajstić information content (AvgIpc) is 3.10. The van der Waals surface area contributed by atoms with Gasteiger partial charge in [-0.05, 0) is 25.5 Å². The predicted octanol–water partition coefficient (Wildman–Crippen LogP) is 2.07. The Hall–Kier alpha value is -1.96. The van der Waals surface area contributed by atoms with Crippen LogP contribution >= 0.6 is 0 Å². The molecule has 3 aliphatic heterocycles. The van der Waals surface area contributed by atoms with Crippen LogP contribution in [-0.2, 0) is 6.42 Å². The SMILES string of the molecule is COc1cc2[nH]c3c(c2c(OC)c1OC)CCN1[C@H]3CCN2CCN(C)C[C@@H]21. The number of rotatable bonds is 3. The summed E-state index contributed by atoms with van der Waals surface area (Å²) in [5.41, 5.74) is 3.80. The van der Waals surface area contributed by atoms with Gasteiger partial charge >= 0.3 is 0 Å². The van der Waals surface area contributed by atoms with Gasteiger partial charge in [-0.15, -0.1) is 0 Å². The third kappa shape index (κ3) is 2.53. The van der Waals surface area contributed by atoms with Crippen molar-refractivity contribution in [2.24, 2.45) is 0 Å². The molecule has 2 saturated heterocycles. The van der Waals surface area contributed by atoms with E-state index >= 15 is 0 Å². The first-order valence-electron chi connectivity index (χ1n) is 10.2. The lowest BCUT2D eigenvalue weighted by Crippen LogP contribution is -2.64. The molecule has 0 bridgehead atoms. The normalized spacial score (nSPS) is 25.9. The van der Waals surface area contributed by atoms with Gasteiger partial charge in [0.1, 0.15) is 0 Å². The molecule has 5 rings (SSSR count). The molecule has 7 nitrogen and oxygen atoms in total. The van der Waals surface area contributed by atoms with Crippen LogP contribution in [0.1, 0.15) is 23.7 Å². The van der Waals surface area contributed by atoms with E-state index < -0.39 is 0 Å². The van der Waals surface area contributed by atoms with E-state index in [1.165, 1.54) is 24.3 Å². The fourth-order valence-electron chi connectivity index (χ4n) is 5.48. The molecule has 2 fully saturated rings. The number of H-pyrrole nitrogens is 1. The molecular weight excluding hydrogens is 356 g/mol. The zero-order valence-electron chi connectivity index (χ0n) is 17.2. The van der Waals surface area contributed by atoms with Crippen molar-refractivity contribution in [2.75, 3.05) is 61.1 Å². The highest BCUT2D eigenvalue weighted by Gasteiger charge is 2.42. The topological polar surface area (TPSA) is 53.2 Å². The number of ether oxygens (including phenoxy) is 3. The first-order valence-corrected chi connectivity index (χ1v) is 10.2.